The predicted octanol–water partition coefficient (Wildman–Crippen LogP) is 2.21. The highest BCUT2D eigenvalue weighted by molar-refractivity contribution is 6.52. The maximum absolute atomic E-state index is 11.8. The molecule has 0 radical (unpaired) electrons. The van der Waals surface area contributed by atoms with Crippen LogP contribution in [0.15, 0.2) is 36.1 Å². The Kier molecular flexibility index (Phi) is 2.01. The molecule has 18 heavy (non-hydrogen) atoms. The Morgan fingerprint density at radius 3 is 2.44 bits per heavy atom. The fraction of sp³-hybridized carbons (Fsp3) is 0. The van der Waals surface area contributed by atoms with E-state index in [1.165, 1.54) is 6.08 Å². The largest absolute Gasteiger partial charge is 0.507 e. The van der Waals surface area contributed by atoms with Crippen molar-refractivity contribution >= 4 is 28.4 Å². The van der Waals surface area contributed by atoms with Crippen LogP contribution in [0.3, 0.4) is 0 Å². The van der Waals surface area contributed by atoms with Crippen molar-refractivity contribution in [3.05, 3.63) is 47.2 Å². The standard InChI is InChI=1S/C14H8O4/c15-10-6-8-5-7-3-1-2-4-9(7)12(16)11(8)14(18)13(10)17/h1-6,15-16H. The molecule has 1 aliphatic rings. The van der Waals surface area contributed by atoms with Gasteiger partial charge in [-0.25, -0.2) is 0 Å². The van der Waals surface area contributed by atoms with Crippen LogP contribution >= 0.6 is 0 Å². The van der Waals surface area contributed by atoms with Crippen molar-refractivity contribution < 1.29 is 19.8 Å². The molecule has 2 aromatic carbocycles. The lowest BCUT2D eigenvalue weighted by Gasteiger charge is -2.14. The van der Waals surface area contributed by atoms with Crippen LogP contribution in [0.2, 0.25) is 0 Å². The zero-order chi connectivity index (χ0) is 12.9. The smallest absolute Gasteiger partial charge is 0.267 e. The highest BCUT2D eigenvalue weighted by atomic mass is 16.3. The van der Waals surface area contributed by atoms with Crippen molar-refractivity contribution in [1.82, 2.24) is 0 Å². The van der Waals surface area contributed by atoms with E-state index in [9.17, 15) is 19.8 Å². The van der Waals surface area contributed by atoms with Gasteiger partial charge in [-0.2, -0.15) is 0 Å². The first-order valence-electron chi connectivity index (χ1n) is 5.34. The van der Waals surface area contributed by atoms with Crippen molar-refractivity contribution in [2.24, 2.45) is 0 Å². The molecule has 0 aromatic heterocycles. The van der Waals surface area contributed by atoms with Crippen LogP contribution in [0.1, 0.15) is 15.9 Å². The Labute approximate surface area is 102 Å². The van der Waals surface area contributed by atoms with E-state index in [0.717, 1.165) is 5.39 Å². The van der Waals surface area contributed by atoms with Crippen LogP contribution in [-0.2, 0) is 4.79 Å². The minimum Gasteiger partial charge on any atom is -0.507 e. The van der Waals surface area contributed by atoms with Crippen LogP contribution in [0.25, 0.3) is 16.8 Å². The average Bonchev–Trinajstić information content (AvgIpc) is 2.36. The zero-order valence-electron chi connectivity index (χ0n) is 9.18. The van der Waals surface area contributed by atoms with Crippen molar-refractivity contribution in [1.29, 1.82) is 0 Å². The van der Waals surface area contributed by atoms with E-state index < -0.39 is 17.3 Å². The maximum atomic E-state index is 11.8. The molecule has 88 valence electrons. The fourth-order valence-corrected chi connectivity index (χ4v) is 2.14. The molecule has 0 heterocycles. The SMILES string of the molecule is O=C1C(=O)c2c(cc3ccccc3c2O)C=C1O. The number of carbonyl (C=O) groups is 2. The summed E-state index contributed by atoms with van der Waals surface area (Å²) in [7, 11) is 0. The van der Waals surface area contributed by atoms with Gasteiger partial charge in [0.25, 0.3) is 5.78 Å². The molecule has 0 fully saturated rings. The van der Waals surface area contributed by atoms with E-state index in [4.69, 9.17) is 0 Å². The zero-order valence-corrected chi connectivity index (χ0v) is 9.18. The number of rotatable bonds is 0. The molecular formula is C14H8O4. The number of fused-ring (bicyclic) bond motifs is 2. The van der Waals surface area contributed by atoms with Gasteiger partial charge in [0.2, 0.25) is 5.78 Å². The lowest BCUT2D eigenvalue weighted by Crippen LogP contribution is -2.21. The van der Waals surface area contributed by atoms with E-state index in [0.29, 0.717) is 10.9 Å². The van der Waals surface area contributed by atoms with Crippen LogP contribution in [0.4, 0.5) is 0 Å². The van der Waals surface area contributed by atoms with Gasteiger partial charge in [0.05, 0.1) is 5.56 Å². The van der Waals surface area contributed by atoms with Crippen molar-refractivity contribution in [2.75, 3.05) is 0 Å². The Morgan fingerprint density at radius 2 is 1.67 bits per heavy atom. The normalized spacial score (nSPS) is 14.6. The van der Waals surface area contributed by atoms with Crippen molar-refractivity contribution in [3.8, 4) is 5.75 Å². The lowest BCUT2D eigenvalue weighted by atomic mass is 9.90. The second-order valence-electron chi connectivity index (χ2n) is 4.10. The Bertz CT molecular complexity index is 741. The molecule has 0 aliphatic heterocycles. The summed E-state index contributed by atoms with van der Waals surface area (Å²) >= 11 is 0. The summed E-state index contributed by atoms with van der Waals surface area (Å²) in [6.07, 6.45) is 1.20. The average molecular weight is 240 g/mol. The first kappa shape index (κ1) is 10.5. The third-order valence-corrected chi connectivity index (χ3v) is 3.01. The number of benzene rings is 2. The van der Waals surface area contributed by atoms with Gasteiger partial charge in [0, 0.05) is 5.39 Å². The molecule has 4 heteroatoms. The van der Waals surface area contributed by atoms with Gasteiger partial charge in [0.15, 0.2) is 5.76 Å². The summed E-state index contributed by atoms with van der Waals surface area (Å²) in [6, 6.07) is 8.64. The minimum atomic E-state index is -0.993. The number of aliphatic hydroxyl groups is 1. The van der Waals surface area contributed by atoms with Gasteiger partial charge in [-0.1, -0.05) is 24.3 Å². The first-order valence-corrected chi connectivity index (χ1v) is 5.34. The van der Waals surface area contributed by atoms with Gasteiger partial charge < -0.3 is 10.2 Å². The van der Waals surface area contributed by atoms with Crippen LogP contribution in [0.5, 0.6) is 5.75 Å². The molecule has 3 rings (SSSR count). The molecule has 0 spiro atoms. The molecule has 0 saturated heterocycles. The van der Waals surface area contributed by atoms with Crippen LogP contribution < -0.4 is 0 Å². The topological polar surface area (TPSA) is 74.6 Å². The second-order valence-corrected chi connectivity index (χ2v) is 4.10. The Hall–Kier alpha value is -2.62. The number of aliphatic hydroxyl groups excluding tert-OH is 1. The Morgan fingerprint density at radius 1 is 0.944 bits per heavy atom. The number of aromatic hydroxyl groups is 1. The first-order chi connectivity index (χ1) is 8.59. The molecule has 0 saturated carbocycles. The number of hydrogen-bond donors (Lipinski definition) is 2. The van der Waals surface area contributed by atoms with Gasteiger partial charge in [0.1, 0.15) is 5.75 Å². The maximum Gasteiger partial charge on any atom is 0.267 e. The van der Waals surface area contributed by atoms with E-state index >= 15 is 0 Å². The van der Waals surface area contributed by atoms with E-state index in [-0.39, 0.29) is 11.3 Å². The second kappa shape index (κ2) is 3.43. The molecule has 0 bridgehead atoms. The highest BCUT2D eigenvalue weighted by Crippen LogP contribution is 2.35. The van der Waals surface area contributed by atoms with E-state index in [1.807, 2.05) is 0 Å². The number of hydrogen-bond acceptors (Lipinski definition) is 4. The molecule has 0 unspecified atom stereocenters. The number of ketones is 2. The summed E-state index contributed by atoms with van der Waals surface area (Å²) in [5, 5.41) is 20.7. The molecule has 0 atom stereocenters. The number of Topliss-reactive ketones (excluding diaryl/α,β-unsaturated/α-hetero) is 2. The Balaban J connectivity index is 2.46. The van der Waals surface area contributed by atoms with E-state index in [1.54, 1.807) is 30.3 Å². The lowest BCUT2D eigenvalue weighted by molar-refractivity contribution is -0.114. The van der Waals surface area contributed by atoms with Gasteiger partial charge in [-0.05, 0) is 23.1 Å². The third-order valence-electron chi connectivity index (χ3n) is 3.01. The summed E-state index contributed by atoms with van der Waals surface area (Å²) in [5.74, 6) is -2.69. The monoisotopic (exact) mass is 240 g/mol. The summed E-state index contributed by atoms with van der Waals surface area (Å²) in [6.45, 7) is 0. The molecule has 2 N–H and O–H groups in total. The number of allylic oxidation sites excluding steroid dienone is 1. The number of carbonyl (C=O) groups excluding carboxylic acids is 2. The summed E-state index contributed by atoms with van der Waals surface area (Å²) in [4.78, 5) is 23.2. The molecule has 0 amide bonds. The quantitative estimate of drug-likeness (QED) is 0.692. The van der Waals surface area contributed by atoms with Gasteiger partial charge >= 0.3 is 0 Å². The van der Waals surface area contributed by atoms with Crippen molar-refractivity contribution in [2.45, 2.75) is 0 Å². The molecular weight excluding hydrogens is 232 g/mol. The van der Waals surface area contributed by atoms with Crippen LogP contribution in [-0.4, -0.2) is 21.8 Å². The molecule has 1 aliphatic carbocycles. The summed E-state index contributed by atoms with van der Waals surface area (Å²) < 4.78 is 0. The van der Waals surface area contributed by atoms with Gasteiger partial charge in [-0.3, -0.25) is 9.59 Å². The minimum absolute atomic E-state index is 0.0449. The van der Waals surface area contributed by atoms with Crippen molar-refractivity contribution in [3.63, 3.8) is 0 Å². The molecule has 4 nitrogen and oxygen atoms in total. The predicted molar refractivity (Wildman–Crippen MR) is 65.6 cm³/mol. The van der Waals surface area contributed by atoms with E-state index in [2.05, 4.69) is 0 Å². The van der Waals surface area contributed by atoms with Crippen LogP contribution in [0, 0.1) is 0 Å². The highest BCUT2D eigenvalue weighted by Gasteiger charge is 2.30. The third kappa shape index (κ3) is 1.26. The summed E-state index contributed by atoms with van der Waals surface area (Å²) in [5.41, 5.74) is 0.310. The molecule has 2 aromatic rings. The fourth-order valence-electron chi connectivity index (χ4n) is 2.14. The number of phenols is 1. The number of phenolic OH excluding ortho intramolecular Hbond substituents is 1. The van der Waals surface area contributed by atoms with Gasteiger partial charge in [-0.15, -0.1) is 0 Å².